The van der Waals surface area contributed by atoms with Crippen molar-refractivity contribution in [2.45, 2.75) is 25.8 Å². The lowest BCUT2D eigenvalue weighted by atomic mass is 9.96. The van der Waals surface area contributed by atoms with Gasteiger partial charge >= 0.3 is 0 Å². The van der Waals surface area contributed by atoms with E-state index in [1.54, 1.807) is 25.1 Å². The predicted molar refractivity (Wildman–Crippen MR) is 80.1 cm³/mol. The molecule has 0 spiro atoms. The topological polar surface area (TPSA) is 63.4 Å². The van der Waals surface area contributed by atoms with Gasteiger partial charge in [0, 0.05) is 4.47 Å². The zero-order valence-corrected chi connectivity index (χ0v) is 13.0. The Balaban J connectivity index is 2.57. The monoisotopic (exact) mass is 340 g/mol. The molecule has 0 aliphatic carbocycles. The molecule has 1 aliphatic rings. The molecule has 2 amide bonds. The average Bonchev–Trinajstić information content (AvgIpc) is 2.61. The van der Waals surface area contributed by atoms with E-state index in [0.717, 1.165) is 4.47 Å². The Labute approximate surface area is 125 Å². The molecule has 0 saturated carbocycles. The first-order valence-electron chi connectivity index (χ1n) is 5.81. The Hall–Kier alpha value is -1.27. The lowest BCUT2D eigenvalue weighted by Crippen LogP contribution is -2.56. The van der Waals surface area contributed by atoms with Crippen LogP contribution in [0.3, 0.4) is 0 Å². The summed E-state index contributed by atoms with van der Waals surface area (Å²) in [5, 5.41) is 0. The van der Waals surface area contributed by atoms with Crippen molar-refractivity contribution in [2.24, 2.45) is 5.73 Å². The van der Waals surface area contributed by atoms with Crippen molar-refractivity contribution in [1.29, 1.82) is 0 Å². The fraction of sp³-hybridized carbons (Fsp3) is 0.308. The van der Waals surface area contributed by atoms with Crippen LogP contribution in [0.1, 0.15) is 41.0 Å². The van der Waals surface area contributed by atoms with E-state index in [2.05, 4.69) is 15.9 Å². The van der Waals surface area contributed by atoms with Gasteiger partial charge in [-0.05, 0) is 31.5 Å². The van der Waals surface area contributed by atoms with E-state index in [9.17, 15) is 9.59 Å². The molecular weight excluding hydrogens is 328 g/mol. The van der Waals surface area contributed by atoms with Gasteiger partial charge in [-0.2, -0.15) is 0 Å². The van der Waals surface area contributed by atoms with Crippen LogP contribution in [0.25, 0.3) is 0 Å². The predicted octanol–water partition coefficient (Wildman–Crippen LogP) is 2.50. The molecule has 19 heavy (non-hydrogen) atoms. The van der Waals surface area contributed by atoms with Crippen LogP contribution in [0.5, 0.6) is 0 Å². The van der Waals surface area contributed by atoms with Gasteiger partial charge in [0.05, 0.1) is 21.7 Å². The molecule has 2 N–H and O–H groups in total. The minimum atomic E-state index is -0.936. The normalized spacial score (nSPS) is 17.3. The SMILES string of the molecule is CCC(C)(C(N)=S)N1C(=O)c2ccc(Br)cc2C1=O. The van der Waals surface area contributed by atoms with Crippen molar-refractivity contribution in [2.75, 3.05) is 0 Å². The molecular formula is C13H13BrN2O2S. The highest BCUT2D eigenvalue weighted by atomic mass is 79.9. The maximum atomic E-state index is 12.4. The van der Waals surface area contributed by atoms with Gasteiger partial charge in [0.1, 0.15) is 0 Å². The number of benzene rings is 1. The number of carbonyl (C=O) groups is 2. The van der Waals surface area contributed by atoms with Gasteiger partial charge in [-0.1, -0.05) is 35.1 Å². The summed E-state index contributed by atoms with van der Waals surface area (Å²) in [6.07, 6.45) is 0.481. The molecule has 1 aromatic rings. The zero-order valence-electron chi connectivity index (χ0n) is 10.6. The number of amides is 2. The summed E-state index contributed by atoms with van der Waals surface area (Å²) in [6, 6.07) is 5.01. The first kappa shape index (κ1) is 14.1. The highest BCUT2D eigenvalue weighted by Gasteiger charge is 2.47. The second-order valence-corrected chi connectivity index (χ2v) is 5.98. The highest BCUT2D eigenvalue weighted by molar-refractivity contribution is 9.10. The first-order valence-corrected chi connectivity index (χ1v) is 7.01. The summed E-state index contributed by atoms with van der Waals surface area (Å²) in [7, 11) is 0. The first-order chi connectivity index (χ1) is 8.82. The van der Waals surface area contributed by atoms with Crippen LogP contribution in [0, 0.1) is 0 Å². The minimum absolute atomic E-state index is 0.142. The number of hydrogen-bond donors (Lipinski definition) is 1. The van der Waals surface area contributed by atoms with Crippen molar-refractivity contribution in [3.8, 4) is 0 Å². The van der Waals surface area contributed by atoms with E-state index >= 15 is 0 Å². The Morgan fingerprint density at radius 2 is 1.95 bits per heavy atom. The number of halogens is 1. The molecule has 0 radical (unpaired) electrons. The fourth-order valence-corrected chi connectivity index (χ4v) is 2.70. The molecule has 0 aromatic heterocycles. The molecule has 100 valence electrons. The Morgan fingerprint density at radius 1 is 1.37 bits per heavy atom. The third-order valence-electron chi connectivity index (χ3n) is 3.56. The molecule has 1 aromatic carbocycles. The van der Waals surface area contributed by atoms with Gasteiger partial charge in [0.15, 0.2) is 0 Å². The smallest absolute Gasteiger partial charge is 0.262 e. The Bertz CT molecular complexity index is 602. The van der Waals surface area contributed by atoms with E-state index < -0.39 is 5.54 Å². The number of carbonyl (C=O) groups excluding carboxylic acids is 2. The molecule has 0 bridgehead atoms. The van der Waals surface area contributed by atoms with Crippen LogP contribution in [-0.4, -0.2) is 27.2 Å². The number of thiocarbonyl (C=S) groups is 1. The van der Waals surface area contributed by atoms with Gasteiger partial charge in [-0.25, -0.2) is 0 Å². The van der Waals surface area contributed by atoms with E-state index in [1.165, 1.54) is 4.90 Å². The molecule has 4 nitrogen and oxygen atoms in total. The Morgan fingerprint density at radius 3 is 2.47 bits per heavy atom. The third kappa shape index (κ3) is 1.99. The highest BCUT2D eigenvalue weighted by Crippen LogP contribution is 2.33. The molecule has 1 atom stereocenters. The average molecular weight is 341 g/mol. The van der Waals surface area contributed by atoms with Crippen molar-refractivity contribution in [3.05, 3.63) is 33.8 Å². The summed E-state index contributed by atoms with van der Waals surface area (Å²) in [6.45, 7) is 3.56. The summed E-state index contributed by atoms with van der Waals surface area (Å²) in [4.78, 5) is 26.2. The molecule has 6 heteroatoms. The van der Waals surface area contributed by atoms with Gasteiger partial charge in [0.25, 0.3) is 11.8 Å². The largest absolute Gasteiger partial charge is 0.391 e. The van der Waals surface area contributed by atoms with Gasteiger partial charge < -0.3 is 5.73 Å². The molecule has 2 rings (SSSR count). The zero-order chi connectivity index (χ0) is 14.4. The van der Waals surface area contributed by atoms with Crippen LogP contribution in [0.15, 0.2) is 22.7 Å². The van der Waals surface area contributed by atoms with Crippen molar-refractivity contribution >= 4 is 45.0 Å². The number of imide groups is 1. The van der Waals surface area contributed by atoms with Crippen LogP contribution in [0.4, 0.5) is 0 Å². The van der Waals surface area contributed by atoms with E-state index in [4.69, 9.17) is 18.0 Å². The quantitative estimate of drug-likeness (QED) is 0.678. The lowest BCUT2D eigenvalue weighted by molar-refractivity contribution is 0.0539. The second kappa shape index (κ2) is 4.68. The van der Waals surface area contributed by atoms with Gasteiger partial charge in [-0.15, -0.1) is 0 Å². The summed E-state index contributed by atoms with van der Waals surface area (Å²) >= 11 is 8.33. The van der Waals surface area contributed by atoms with E-state index in [-0.39, 0.29) is 16.8 Å². The second-order valence-electron chi connectivity index (χ2n) is 4.63. The fourth-order valence-electron chi connectivity index (χ4n) is 2.10. The molecule has 0 fully saturated rings. The summed E-state index contributed by atoms with van der Waals surface area (Å²) in [5.41, 5.74) is 5.57. The summed E-state index contributed by atoms with van der Waals surface area (Å²) < 4.78 is 0.753. The van der Waals surface area contributed by atoms with E-state index in [0.29, 0.717) is 17.5 Å². The molecule has 0 saturated heterocycles. The van der Waals surface area contributed by atoms with Crippen molar-refractivity contribution in [3.63, 3.8) is 0 Å². The van der Waals surface area contributed by atoms with Gasteiger partial charge in [0.2, 0.25) is 0 Å². The molecule has 1 heterocycles. The number of fused-ring (bicyclic) bond motifs is 1. The number of nitrogens with zero attached hydrogens (tertiary/aromatic N) is 1. The lowest BCUT2D eigenvalue weighted by Gasteiger charge is -2.35. The number of rotatable bonds is 3. The maximum absolute atomic E-state index is 12.4. The third-order valence-corrected chi connectivity index (χ3v) is 4.49. The van der Waals surface area contributed by atoms with Crippen LogP contribution >= 0.6 is 28.1 Å². The van der Waals surface area contributed by atoms with Crippen molar-refractivity contribution < 1.29 is 9.59 Å². The standard InChI is InChI=1S/C13H13BrN2O2S/c1-3-13(2,12(15)19)16-10(17)8-5-4-7(14)6-9(8)11(16)18/h4-6H,3H2,1-2H3,(H2,15,19). The molecule has 1 aliphatic heterocycles. The van der Waals surface area contributed by atoms with Crippen LogP contribution < -0.4 is 5.73 Å². The van der Waals surface area contributed by atoms with Crippen LogP contribution in [-0.2, 0) is 0 Å². The van der Waals surface area contributed by atoms with Crippen molar-refractivity contribution in [1.82, 2.24) is 4.90 Å². The van der Waals surface area contributed by atoms with Crippen LogP contribution in [0.2, 0.25) is 0 Å². The maximum Gasteiger partial charge on any atom is 0.262 e. The summed E-state index contributed by atoms with van der Waals surface area (Å²) in [5.74, 6) is -0.692. The molecule has 1 unspecified atom stereocenters. The van der Waals surface area contributed by atoms with Gasteiger partial charge in [-0.3, -0.25) is 14.5 Å². The number of nitrogens with two attached hydrogens (primary N) is 1. The minimum Gasteiger partial charge on any atom is -0.391 e. The van der Waals surface area contributed by atoms with E-state index in [1.807, 2.05) is 6.92 Å². The Kier molecular flexibility index (Phi) is 3.49. The number of hydrogen-bond acceptors (Lipinski definition) is 3.